The molecule has 0 N–H and O–H groups in total. The van der Waals surface area contributed by atoms with E-state index in [0.717, 1.165) is 51.4 Å². The minimum absolute atomic E-state index is 0.00914. The number of benzene rings is 2. The van der Waals surface area contributed by atoms with Gasteiger partial charge in [0.2, 0.25) is 0 Å². The number of aryl methyl sites for hydroxylation is 2. The number of ether oxygens (including phenoxy) is 2. The van der Waals surface area contributed by atoms with E-state index in [2.05, 4.69) is 65.8 Å². The van der Waals surface area contributed by atoms with Gasteiger partial charge in [-0.05, 0) is 149 Å². The van der Waals surface area contributed by atoms with Crippen LogP contribution in [0.5, 0.6) is 0 Å². The van der Waals surface area contributed by atoms with Crippen LogP contribution < -0.4 is 0 Å². The van der Waals surface area contributed by atoms with Crippen LogP contribution in [0, 0.1) is 41.5 Å². The summed E-state index contributed by atoms with van der Waals surface area (Å²) in [4.78, 5) is 12.5. The number of carbonyl (C=O) groups is 1. The predicted molar refractivity (Wildman–Crippen MR) is 139 cm³/mol. The molecule has 2 fully saturated rings. The first kappa shape index (κ1) is 24.8. The third-order valence-corrected chi connectivity index (χ3v) is 8.95. The molecule has 2 aliphatic carbocycles. The molecule has 3 nitrogen and oxygen atoms in total. The summed E-state index contributed by atoms with van der Waals surface area (Å²) < 4.78 is 11.5. The smallest absolute Gasteiger partial charge is 0.431 e. The van der Waals surface area contributed by atoms with Crippen LogP contribution in [-0.4, -0.2) is 18.4 Å². The number of hydrogen-bond donors (Lipinski definition) is 0. The highest BCUT2D eigenvalue weighted by Gasteiger charge is 2.30. The third-order valence-electron chi connectivity index (χ3n) is 8.95. The van der Waals surface area contributed by atoms with Crippen LogP contribution in [0.2, 0.25) is 0 Å². The molecular weight excluding hydrogens is 420 g/mol. The first-order valence-corrected chi connectivity index (χ1v) is 13.2. The van der Waals surface area contributed by atoms with Gasteiger partial charge in [0.25, 0.3) is 0 Å². The van der Waals surface area contributed by atoms with Crippen molar-refractivity contribution in [2.45, 2.75) is 117 Å². The van der Waals surface area contributed by atoms with E-state index in [0.29, 0.717) is 11.8 Å². The Balaban J connectivity index is 1.23. The fourth-order valence-corrected chi connectivity index (χ4v) is 6.12. The highest BCUT2D eigenvalue weighted by molar-refractivity contribution is 5.60. The highest BCUT2D eigenvalue weighted by Crippen LogP contribution is 2.38. The van der Waals surface area contributed by atoms with Gasteiger partial charge in [-0.1, -0.05) is 24.3 Å². The second-order valence-electron chi connectivity index (χ2n) is 10.9. The monoisotopic (exact) mass is 462 g/mol. The van der Waals surface area contributed by atoms with E-state index in [1.54, 1.807) is 0 Å². The maximum atomic E-state index is 12.5. The summed E-state index contributed by atoms with van der Waals surface area (Å²) in [7, 11) is 0. The summed E-state index contributed by atoms with van der Waals surface area (Å²) in [5, 5.41) is 0. The van der Waals surface area contributed by atoms with Crippen molar-refractivity contribution >= 4 is 6.16 Å². The second-order valence-corrected chi connectivity index (χ2v) is 10.9. The minimum Gasteiger partial charge on any atom is -0.431 e. The molecule has 0 radical (unpaired) electrons. The minimum atomic E-state index is -0.461. The van der Waals surface area contributed by atoms with E-state index < -0.39 is 6.16 Å². The van der Waals surface area contributed by atoms with Crippen molar-refractivity contribution in [2.75, 3.05) is 0 Å². The average Bonchev–Trinajstić information content (AvgIpc) is 2.83. The van der Waals surface area contributed by atoms with Gasteiger partial charge in [-0.15, -0.1) is 0 Å². The van der Waals surface area contributed by atoms with Gasteiger partial charge in [0.1, 0.15) is 12.2 Å². The molecule has 0 amide bonds. The lowest BCUT2D eigenvalue weighted by molar-refractivity contribution is -0.0215. The molecule has 4 rings (SSSR count). The van der Waals surface area contributed by atoms with Crippen molar-refractivity contribution < 1.29 is 14.3 Å². The molecule has 2 aliphatic rings. The maximum Gasteiger partial charge on any atom is 0.508 e. The topological polar surface area (TPSA) is 35.5 Å². The molecule has 3 heteroatoms. The van der Waals surface area contributed by atoms with Crippen molar-refractivity contribution in [1.29, 1.82) is 0 Å². The van der Waals surface area contributed by atoms with Crippen LogP contribution in [0.15, 0.2) is 24.3 Å². The lowest BCUT2D eigenvalue weighted by Gasteiger charge is -2.32. The zero-order valence-electron chi connectivity index (χ0n) is 22.0. The van der Waals surface area contributed by atoms with Crippen LogP contribution in [-0.2, 0) is 9.47 Å². The van der Waals surface area contributed by atoms with Gasteiger partial charge < -0.3 is 9.47 Å². The van der Waals surface area contributed by atoms with Crippen molar-refractivity contribution in [2.24, 2.45) is 0 Å². The molecule has 34 heavy (non-hydrogen) atoms. The van der Waals surface area contributed by atoms with E-state index >= 15 is 0 Å². The molecule has 0 aromatic heterocycles. The molecule has 0 aliphatic heterocycles. The quantitative estimate of drug-likeness (QED) is 0.428. The molecular formula is C31H42O3. The Hall–Kier alpha value is -2.29. The molecule has 2 aromatic rings. The normalized spacial score (nSPS) is 25.1. The predicted octanol–water partition coefficient (Wildman–Crippen LogP) is 8.44. The zero-order valence-corrected chi connectivity index (χ0v) is 22.0. The second kappa shape index (κ2) is 10.5. The van der Waals surface area contributed by atoms with Gasteiger partial charge in [-0.2, -0.15) is 0 Å². The Morgan fingerprint density at radius 2 is 0.912 bits per heavy atom. The maximum absolute atomic E-state index is 12.5. The molecule has 0 spiro atoms. The molecule has 0 saturated heterocycles. The van der Waals surface area contributed by atoms with Gasteiger partial charge in [-0.3, -0.25) is 0 Å². The molecule has 0 unspecified atom stereocenters. The first-order chi connectivity index (χ1) is 16.2. The third kappa shape index (κ3) is 5.34. The van der Waals surface area contributed by atoms with E-state index in [1.807, 2.05) is 0 Å². The van der Waals surface area contributed by atoms with Gasteiger partial charge >= 0.3 is 6.16 Å². The lowest BCUT2D eigenvalue weighted by atomic mass is 9.79. The van der Waals surface area contributed by atoms with Gasteiger partial charge in [0.15, 0.2) is 0 Å². The largest absolute Gasteiger partial charge is 0.508 e. The van der Waals surface area contributed by atoms with E-state index in [9.17, 15) is 4.79 Å². The van der Waals surface area contributed by atoms with Crippen LogP contribution in [0.3, 0.4) is 0 Å². The molecule has 0 heterocycles. The van der Waals surface area contributed by atoms with Crippen LogP contribution in [0.4, 0.5) is 4.79 Å². The summed E-state index contributed by atoms with van der Waals surface area (Å²) in [6.07, 6.45) is 7.49. The van der Waals surface area contributed by atoms with E-state index in [1.165, 1.54) is 44.5 Å². The summed E-state index contributed by atoms with van der Waals surface area (Å²) in [6, 6.07) is 9.09. The SMILES string of the molecule is Cc1ccc(C2CCC(OC(=O)OC3CCC(c4ccc(C)c(C)c4C)CC3)CC2)c(C)c1C. The average molecular weight is 463 g/mol. The van der Waals surface area contributed by atoms with Crippen molar-refractivity contribution in [1.82, 2.24) is 0 Å². The lowest BCUT2D eigenvalue weighted by Crippen LogP contribution is -2.29. The Bertz CT molecular complexity index is 940. The zero-order chi connectivity index (χ0) is 24.4. The number of hydrogen-bond acceptors (Lipinski definition) is 3. The van der Waals surface area contributed by atoms with Crippen molar-refractivity contribution in [3.05, 3.63) is 68.8 Å². The summed E-state index contributed by atoms with van der Waals surface area (Å²) >= 11 is 0. The molecule has 0 bridgehead atoms. The number of rotatable bonds is 4. The summed E-state index contributed by atoms with van der Waals surface area (Å²) in [5.74, 6) is 1.14. The standard InChI is InChI=1S/C31H42O3/c1-19-7-17-29(23(5)21(19)3)25-9-13-27(14-10-25)33-31(32)34-28-15-11-26(12-16-28)30-18-8-20(2)22(4)24(30)6/h7-8,17-18,25-28H,9-16H2,1-6H3. The van der Waals surface area contributed by atoms with Crippen LogP contribution in [0.1, 0.15) is 108 Å². The molecule has 184 valence electrons. The fraction of sp³-hybridized carbons (Fsp3) is 0.581. The van der Waals surface area contributed by atoms with Crippen LogP contribution >= 0.6 is 0 Å². The van der Waals surface area contributed by atoms with Crippen molar-refractivity contribution in [3.8, 4) is 0 Å². The first-order valence-electron chi connectivity index (χ1n) is 13.2. The van der Waals surface area contributed by atoms with E-state index in [-0.39, 0.29) is 12.2 Å². The Kier molecular flexibility index (Phi) is 7.70. The fourth-order valence-electron chi connectivity index (χ4n) is 6.12. The van der Waals surface area contributed by atoms with E-state index in [4.69, 9.17) is 9.47 Å². The Morgan fingerprint density at radius 3 is 1.26 bits per heavy atom. The Labute approximate surface area is 206 Å². The van der Waals surface area contributed by atoms with Gasteiger partial charge in [-0.25, -0.2) is 4.79 Å². The number of carbonyl (C=O) groups excluding carboxylic acids is 1. The van der Waals surface area contributed by atoms with Crippen LogP contribution in [0.25, 0.3) is 0 Å². The highest BCUT2D eigenvalue weighted by atomic mass is 16.7. The summed E-state index contributed by atoms with van der Waals surface area (Å²) in [5.41, 5.74) is 11.3. The molecule has 0 atom stereocenters. The molecule has 2 saturated carbocycles. The summed E-state index contributed by atoms with van der Waals surface area (Å²) in [6.45, 7) is 13.3. The van der Waals surface area contributed by atoms with Crippen molar-refractivity contribution in [3.63, 3.8) is 0 Å². The molecule has 2 aromatic carbocycles. The Morgan fingerprint density at radius 1 is 0.559 bits per heavy atom. The van der Waals surface area contributed by atoms with Gasteiger partial charge in [0, 0.05) is 0 Å². The van der Waals surface area contributed by atoms with Gasteiger partial charge in [0.05, 0.1) is 0 Å².